The minimum absolute atomic E-state index is 1.17. The van der Waals surface area contributed by atoms with E-state index in [-0.39, 0.29) is 0 Å². The summed E-state index contributed by atoms with van der Waals surface area (Å²) < 4.78 is 10.3. The van der Waals surface area contributed by atoms with Gasteiger partial charge in [0.2, 0.25) is 0 Å². The lowest BCUT2D eigenvalue weighted by molar-refractivity contribution is 1.19. The van der Waals surface area contributed by atoms with E-state index in [1.807, 2.05) is 22.7 Å². The zero-order valence-electron chi connectivity index (χ0n) is 32.2. The van der Waals surface area contributed by atoms with Crippen molar-refractivity contribution in [2.24, 2.45) is 0 Å². The molecule has 0 aliphatic rings. The highest BCUT2D eigenvalue weighted by atomic mass is 32.1. The van der Waals surface area contributed by atoms with Crippen molar-refractivity contribution >= 4 is 128 Å². The van der Waals surface area contributed by atoms with Crippen molar-refractivity contribution in [1.82, 2.24) is 9.13 Å². The van der Waals surface area contributed by atoms with Gasteiger partial charge in [0.05, 0.1) is 31.5 Å². The average Bonchev–Trinajstić information content (AvgIpc) is 4.07. The molecule has 0 fully saturated rings. The van der Waals surface area contributed by atoms with E-state index in [0.717, 1.165) is 0 Å². The Labute approximate surface area is 352 Å². The van der Waals surface area contributed by atoms with Crippen LogP contribution in [0.1, 0.15) is 0 Å². The molecule has 4 heteroatoms. The fourth-order valence-electron chi connectivity index (χ4n) is 10.4. The van der Waals surface area contributed by atoms with E-state index in [9.17, 15) is 0 Å². The standard InChI is InChI=1S/C56H32N2S2/c1-3-15-35(16-4-1)57-45-29-27-33(31-43(45)49-37-19-7-9-21-39(37)51-41-23-11-13-25-47(41)59-55(51)53(49)57)34-28-30-46-44(32-34)50-38-20-8-10-22-40(38)52-42-24-12-14-26-48(42)60-56(52)54(50)58(46)36-17-5-2-6-18-36/h1-32H. The number of para-hydroxylation sites is 2. The van der Waals surface area contributed by atoms with Crippen molar-refractivity contribution in [3.63, 3.8) is 0 Å². The van der Waals surface area contributed by atoms with Crippen molar-refractivity contribution < 1.29 is 0 Å². The molecule has 0 aliphatic carbocycles. The van der Waals surface area contributed by atoms with Gasteiger partial charge in [-0.3, -0.25) is 0 Å². The second kappa shape index (κ2) is 12.2. The molecule has 14 aromatic rings. The number of rotatable bonds is 3. The van der Waals surface area contributed by atoms with Gasteiger partial charge in [-0.1, -0.05) is 133 Å². The van der Waals surface area contributed by atoms with E-state index in [2.05, 4.69) is 203 Å². The molecule has 0 saturated heterocycles. The molecule has 0 unspecified atom stereocenters. The van der Waals surface area contributed by atoms with Crippen molar-refractivity contribution in [3.8, 4) is 22.5 Å². The number of aromatic nitrogens is 2. The Morgan fingerprint density at radius 2 is 0.633 bits per heavy atom. The largest absolute Gasteiger partial charge is 0.308 e. The Hall–Kier alpha value is -7.24. The number of fused-ring (bicyclic) bond motifs is 20. The molecule has 0 N–H and O–H groups in total. The minimum atomic E-state index is 1.17. The zero-order valence-corrected chi connectivity index (χ0v) is 33.8. The molecule has 0 aliphatic heterocycles. The lowest BCUT2D eigenvalue weighted by Crippen LogP contribution is -1.94. The van der Waals surface area contributed by atoms with Gasteiger partial charge in [-0.25, -0.2) is 0 Å². The maximum absolute atomic E-state index is 2.51. The van der Waals surface area contributed by atoms with Gasteiger partial charge in [0.25, 0.3) is 0 Å². The third kappa shape index (κ3) is 4.31. The molecule has 10 aromatic carbocycles. The predicted molar refractivity (Wildman–Crippen MR) is 261 cm³/mol. The normalized spacial score (nSPS) is 12.3. The summed E-state index contributed by atoms with van der Waals surface area (Å²) >= 11 is 3.83. The van der Waals surface area contributed by atoms with Crippen LogP contribution in [0.2, 0.25) is 0 Å². The molecule has 4 aromatic heterocycles. The molecule has 0 spiro atoms. The van der Waals surface area contributed by atoms with Crippen LogP contribution in [0, 0.1) is 0 Å². The molecule has 278 valence electrons. The molecular formula is C56H32N2S2. The van der Waals surface area contributed by atoms with Gasteiger partial charge in [0.1, 0.15) is 0 Å². The smallest absolute Gasteiger partial charge is 0.0726 e. The Kier molecular flexibility index (Phi) is 6.62. The average molecular weight is 797 g/mol. The van der Waals surface area contributed by atoms with Crippen LogP contribution in [0.4, 0.5) is 0 Å². The van der Waals surface area contributed by atoms with E-state index >= 15 is 0 Å². The molecule has 2 nitrogen and oxygen atoms in total. The number of benzene rings is 10. The minimum Gasteiger partial charge on any atom is -0.308 e. The Morgan fingerprint density at radius 3 is 1.05 bits per heavy atom. The molecule has 0 bridgehead atoms. The summed E-state index contributed by atoms with van der Waals surface area (Å²) in [5.41, 5.74) is 9.77. The van der Waals surface area contributed by atoms with Gasteiger partial charge >= 0.3 is 0 Å². The molecular weight excluding hydrogens is 765 g/mol. The molecule has 14 rings (SSSR count). The topological polar surface area (TPSA) is 9.86 Å². The lowest BCUT2D eigenvalue weighted by Gasteiger charge is -2.10. The third-order valence-corrected chi connectivity index (χ3v) is 15.2. The first-order chi connectivity index (χ1) is 29.8. The van der Waals surface area contributed by atoms with Crippen LogP contribution in [-0.4, -0.2) is 9.13 Å². The molecule has 0 amide bonds. The summed E-state index contributed by atoms with van der Waals surface area (Å²) in [6.07, 6.45) is 0. The van der Waals surface area contributed by atoms with Crippen LogP contribution in [0.3, 0.4) is 0 Å². The molecule has 0 atom stereocenters. The number of thiophene rings is 2. The quantitative estimate of drug-likeness (QED) is 0.169. The van der Waals surface area contributed by atoms with Crippen molar-refractivity contribution in [2.75, 3.05) is 0 Å². The van der Waals surface area contributed by atoms with Crippen LogP contribution in [-0.2, 0) is 0 Å². The second-order valence-electron chi connectivity index (χ2n) is 15.9. The number of hydrogen-bond donors (Lipinski definition) is 0. The highest BCUT2D eigenvalue weighted by Gasteiger charge is 2.24. The second-order valence-corrected chi connectivity index (χ2v) is 18.1. The Morgan fingerprint density at radius 1 is 0.283 bits per heavy atom. The highest BCUT2D eigenvalue weighted by molar-refractivity contribution is 7.27. The number of hydrogen-bond acceptors (Lipinski definition) is 2. The van der Waals surface area contributed by atoms with Crippen molar-refractivity contribution in [1.29, 1.82) is 0 Å². The van der Waals surface area contributed by atoms with E-state index in [4.69, 9.17) is 0 Å². The van der Waals surface area contributed by atoms with Crippen molar-refractivity contribution in [3.05, 3.63) is 194 Å². The van der Waals surface area contributed by atoms with Crippen LogP contribution in [0.5, 0.6) is 0 Å². The Balaban J connectivity index is 1.11. The van der Waals surface area contributed by atoms with Gasteiger partial charge in [-0.15, -0.1) is 22.7 Å². The maximum Gasteiger partial charge on any atom is 0.0726 e. The summed E-state index contributed by atoms with van der Waals surface area (Å²) in [7, 11) is 0. The van der Waals surface area contributed by atoms with Crippen molar-refractivity contribution in [2.45, 2.75) is 0 Å². The first-order valence-electron chi connectivity index (χ1n) is 20.5. The van der Waals surface area contributed by atoms with E-state index in [1.54, 1.807) is 0 Å². The van der Waals surface area contributed by atoms with E-state index in [0.29, 0.717) is 0 Å². The van der Waals surface area contributed by atoms with Gasteiger partial charge in [0, 0.05) is 63.9 Å². The first kappa shape index (κ1) is 32.7. The summed E-state index contributed by atoms with van der Waals surface area (Å²) in [6, 6.07) is 72.0. The first-order valence-corrected chi connectivity index (χ1v) is 22.1. The predicted octanol–water partition coefficient (Wildman–Crippen LogP) is 16.6. The van der Waals surface area contributed by atoms with E-state index < -0.39 is 0 Å². The fraction of sp³-hybridized carbons (Fsp3) is 0. The molecule has 0 saturated carbocycles. The van der Waals surface area contributed by atoms with Crippen LogP contribution < -0.4 is 0 Å². The maximum atomic E-state index is 2.51. The third-order valence-electron chi connectivity index (χ3n) is 12.8. The Bertz CT molecular complexity index is 3840. The number of nitrogens with zero attached hydrogens (tertiary/aromatic N) is 2. The lowest BCUT2D eigenvalue weighted by atomic mass is 9.96. The summed E-state index contributed by atoms with van der Waals surface area (Å²) in [6.45, 7) is 0. The summed E-state index contributed by atoms with van der Waals surface area (Å²) in [4.78, 5) is 0. The summed E-state index contributed by atoms with van der Waals surface area (Å²) in [5.74, 6) is 0. The van der Waals surface area contributed by atoms with Crippen LogP contribution in [0.25, 0.3) is 128 Å². The summed E-state index contributed by atoms with van der Waals surface area (Å²) in [5, 5.41) is 15.7. The molecule has 60 heavy (non-hydrogen) atoms. The molecule has 0 radical (unpaired) electrons. The monoisotopic (exact) mass is 796 g/mol. The molecule has 4 heterocycles. The van der Waals surface area contributed by atoms with Gasteiger partial charge in [-0.2, -0.15) is 0 Å². The highest BCUT2D eigenvalue weighted by Crippen LogP contribution is 2.50. The van der Waals surface area contributed by atoms with Gasteiger partial charge in [-0.05, 0) is 93.3 Å². The van der Waals surface area contributed by atoms with Crippen LogP contribution in [0.15, 0.2) is 194 Å². The zero-order chi connectivity index (χ0) is 39.1. The van der Waals surface area contributed by atoms with Crippen LogP contribution >= 0.6 is 22.7 Å². The van der Waals surface area contributed by atoms with Gasteiger partial charge < -0.3 is 9.13 Å². The van der Waals surface area contributed by atoms with E-state index in [1.165, 1.54) is 128 Å². The van der Waals surface area contributed by atoms with Gasteiger partial charge in [0.15, 0.2) is 0 Å². The fourth-order valence-corrected chi connectivity index (χ4v) is 12.9. The SMILES string of the molecule is c1ccc(-n2c3ccc(-c4ccc5c(c4)c4c6ccccc6c6c7ccccc7sc6c4n5-c4ccccc4)cc3c3c4ccccc4c4c5ccccc5sc4c32)cc1.